The highest BCUT2D eigenvalue weighted by atomic mass is 16.5. The van der Waals surface area contributed by atoms with Crippen LogP contribution in [-0.2, 0) is 14.3 Å². The molecule has 0 N–H and O–H groups in total. The third-order valence-corrected chi connectivity index (χ3v) is 2.82. The summed E-state index contributed by atoms with van der Waals surface area (Å²) in [6.45, 7) is 0. The van der Waals surface area contributed by atoms with Crippen molar-refractivity contribution < 1.29 is 14.3 Å². The predicted molar refractivity (Wildman–Crippen MR) is 77.9 cm³/mol. The monoisotopic (exact) mass is 266 g/mol. The lowest BCUT2D eigenvalue weighted by molar-refractivity contribution is -0.140. The molecule has 0 amide bonds. The summed E-state index contributed by atoms with van der Waals surface area (Å²) < 4.78 is 4.58. The van der Waals surface area contributed by atoms with Gasteiger partial charge in [0.05, 0.1) is 7.11 Å². The fourth-order valence-electron chi connectivity index (χ4n) is 1.70. The number of unbranched alkanes of at least 4 members (excludes halogenated alkanes) is 5. The van der Waals surface area contributed by atoms with E-state index in [1.807, 2.05) is 12.2 Å². The lowest BCUT2D eigenvalue weighted by Crippen LogP contribution is -1.98. The zero-order valence-electron chi connectivity index (χ0n) is 12.0. The molecule has 108 valence electrons. The first-order chi connectivity index (χ1) is 9.31. The highest BCUT2D eigenvalue weighted by Crippen LogP contribution is 2.08. The molecule has 0 aliphatic heterocycles. The predicted octanol–water partition coefficient (Wildman–Crippen LogP) is 3.98. The van der Waals surface area contributed by atoms with Crippen LogP contribution >= 0.6 is 0 Å². The Balaban J connectivity index is 3.20. The van der Waals surface area contributed by atoms with Gasteiger partial charge in [-0.1, -0.05) is 43.6 Å². The topological polar surface area (TPSA) is 43.4 Å². The van der Waals surface area contributed by atoms with E-state index < -0.39 is 0 Å². The van der Waals surface area contributed by atoms with Crippen LogP contribution in [0.15, 0.2) is 24.3 Å². The first-order valence-electron chi connectivity index (χ1n) is 7.11. The molecule has 0 aromatic rings. The number of aldehydes is 1. The van der Waals surface area contributed by atoms with Crippen molar-refractivity contribution in [2.45, 2.75) is 57.8 Å². The minimum absolute atomic E-state index is 0.106. The number of rotatable bonds is 12. The van der Waals surface area contributed by atoms with Crippen molar-refractivity contribution in [1.82, 2.24) is 0 Å². The quantitative estimate of drug-likeness (QED) is 0.232. The minimum Gasteiger partial charge on any atom is -0.469 e. The molecule has 0 saturated heterocycles. The van der Waals surface area contributed by atoms with E-state index in [-0.39, 0.29) is 5.97 Å². The van der Waals surface area contributed by atoms with Crippen LogP contribution in [0.4, 0.5) is 0 Å². The summed E-state index contributed by atoms with van der Waals surface area (Å²) in [5.41, 5.74) is 0. The lowest BCUT2D eigenvalue weighted by atomic mass is 10.1. The Labute approximate surface area is 116 Å². The van der Waals surface area contributed by atoms with Crippen molar-refractivity contribution in [3.63, 3.8) is 0 Å². The van der Waals surface area contributed by atoms with Crippen LogP contribution in [0.25, 0.3) is 0 Å². The SMILES string of the molecule is COC(=O)CCCCCCC/C=C/C/C=C/CC=O. The molecule has 0 aromatic heterocycles. The van der Waals surface area contributed by atoms with Gasteiger partial charge >= 0.3 is 5.97 Å². The molecule has 0 aliphatic rings. The molecule has 0 rings (SSSR count). The number of carbonyl (C=O) groups is 2. The fraction of sp³-hybridized carbons (Fsp3) is 0.625. The Kier molecular flexibility index (Phi) is 13.6. The smallest absolute Gasteiger partial charge is 0.305 e. The molecule has 0 fully saturated rings. The number of methoxy groups -OCH3 is 1. The van der Waals surface area contributed by atoms with Crippen molar-refractivity contribution in [2.75, 3.05) is 7.11 Å². The van der Waals surface area contributed by atoms with Crippen molar-refractivity contribution in [3.8, 4) is 0 Å². The highest BCUT2D eigenvalue weighted by molar-refractivity contribution is 5.68. The first kappa shape index (κ1) is 17.6. The fourth-order valence-corrected chi connectivity index (χ4v) is 1.70. The number of hydrogen-bond donors (Lipinski definition) is 0. The average molecular weight is 266 g/mol. The second-order valence-corrected chi connectivity index (χ2v) is 4.46. The number of hydrogen-bond acceptors (Lipinski definition) is 3. The van der Waals surface area contributed by atoms with Crippen LogP contribution in [0.1, 0.15) is 57.8 Å². The summed E-state index contributed by atoms with van der Waals surface area (Å²) in [4.78, 5) is 20.9. The molecule has 0 heterocycles. The van der Waals surface area contributed by atoms with Crippen molar-refractivity contribution in [2.24, 2.45) is 0 Å². The summed E-state index contributed by atoms with van der Waals surface area (Å²) in [6, 6.07) is 0. The third kappa shape index (κ3) is 14.6. The van der Waals surface area contributed by atoms with E-state index >= 15 is 0 Å². The molecule has 3 nitrogen and oxygen atoms in total. The zero-order valence-corrected chi connectivity index (χ0v) is 12.0. The van der Waals surface area contributed by atoms with E-state index in [9.17, 15) is 9.59 Å². The molecule has 0 aliphatic carbocycles. The second kappa shape index (κ2) is 14.7. The van der Waals surface area contributed by atoms with E-state index in [1.54, 1.807) is 0 Å². The minimum atomic E-state index is -0.106. The van der Waals surface area contributed by atoms with E-state index in [0.717, 1.165) is 32.0 Å². The van der Waals surface area contributed by atoms with Crippen LogP contribution in [-0.4, -0.2) is 19.4 Å². The summed E-state index contributed by atoms with van der Waals surface area (Å²) in [6.07, 6.45) is 17.9. The molecular weight excluding hydrogens is 240 g/mol. The first-order valence-corrected chi connectivity index (χ1v) is 7.11. The molecule has 0 saturated carbocycles. The summed E-state index contributed by atoms with van der Waals surface area (Å²) in [5.74, 6) is -0.106. The maximum Gasteiger partial charge on any atom is 0.305 e. The number of carbonyl (C=O) groups excluding carboxylic acids is 2. The molecular formula is C16H26O3. The number of ether oxygens (including phenoxy) is 1. The van der Waals surface area contributed by atoms with Crippen LogP contribution in [0, 0.1) is 0 Å². The summed E-state index contributed by atoms with van der Waals surface area (Å²) in [5, 5.41) is 0. The number of esters is 1. The maximum atomic E-state index is 10.9. The Morgan fingerprint density at radius 1 is 0.895 bits per heavy atom. The maximum absolute atomic E-state index is 10.9. The van der Waals surface area contributed by atoms with Crippen LogP contribution in [0.5, 0.6) is 0 Å². The van der Waals surface area contributed by atoms with E-state index in [2.05, 4.69) is 16.9 Å². The van der Waals surface area contributed by atoms with Crippen molar-refractivity contribution in [3.05, 3.63) is 24.3 Å². The average Bonchev–Trinajstić information content (AvgIpc) is 2.43. The van der Waals surface area contributed by atoms with Gasteiger partial charge in [-0.15, -0.1) is 0 Å². The van der Waals surface area contributed by atoms with E-state index in [4.69, 9.17) is 0 Å². The van der Waals surface area contributed by atoms with Gasteiger partial charge in [0, 0.05) is 12.8 Å². The van der Waals surface area contributed by atoms with E-state index in [0.29, 0.717) is 12.8 Å². The molecule has 0 unspecified atom stereocenters. The molecule has 0 bridgehead atoms. The van der Waals surface area contributed by atoms with Gasteiger partial charge in [0.2, 0.25) is 0 Å². The van der Waals surface area contributed by atoms with Crippen LogP contribution < -0.4 is 0 Å². The third-order valence-electron chi connectivity index (χ3n) is 2.82. The van der Waals surface area contributed by atoms with E-state index in [1.165, 1.54) is 26.4 Å². The molecule has 0 spiro atoms. The van der Waals surface area contributed by atoms with Gasteiger partial charge in [0.15, 0.2) is 0 Å². The van der Waals surface area contributed by atoms with Crippen LogP contribution in [0.2, 0.25) is 0 Å². The van der Waals surface area contributed by atoms with Gasteiger partial charge in [-0.2, -0.15) is 0 Å². The molecule has 0 aromatic carbocycles. The lowest BCUT2D eigenvalue weighted by Gasteiger charge is -1.99. The zero-order chi connectivity index (χ0) is 14.2. The summed E-state index contributed by atoms with van der Waals surface area (Å²) >= 11 is 0. The molecule has 3 heteroatoms. The highest BCUT2D eigenvalue weighted by Gasteiger charge is 1.98. The van der Waals surface area contributed by atoms with Gasteiger partial charge in [-0.05, 0) is 25.7 Å². The van der Waals surface area contributed by atoms with Gasteiger partial charge < -0.3 is 9.53 Å². The number of allylic oxidation sites excluding steroid dienone is 4. The molecule has 19 heavy (non-hydrogen) atoms. The van der Waals surface area contributed by atoms with Gasteiger partial charge in [-0.3, -0.25) is 4.79 Å². The van der Waals surface area contributed by atoms with Gasteiger partial charge in [0.1, 0.15) is 6.29 Å². The normalized spacial score (nSPS) is 11.2. The van der Waals surface area contributed by atoms with Crippen LogP contribution in [0.3, 0.4) is 0 Å². The standard InChI is InChI=1S/C16H26O3/c1-19-16(18)14-12-10-8-6-4-2-3-5-7-9-11-13-15-17/h3,5,9,11,15H,2,4,6-8,10,12-14H2,1H3/b5-3+,11-9+. The van der Waals surface area contributed by atoms with Gasteiger partial charge in [0.25, 0.3) is 0 Å². The Morgan fingerprint density at radius 3 is 2.26 bits per heavy atom. The Hall–Kier alpha value is -1.38. The Bertz CT molecular complexity index is 280. The van der Waals surface area contributed by atoms with Crippen molar-refractivity contribution in [1.29, 1.82) is 0 Å². The Morgan fingerprint density at radius 2 is 1.53 bits per heavy atom. The molecule has 0 atom stereocenters. The van der Waals surface area contributed by atoms with Gasteiger partial charge in [-0.25, -0.2) is 0 Å². The van der Waals surface area contributed by atoms with Crippen molar-refractivity contribution >= 4 is 12.3 Å². The summed E-state index contributed by atoms with van der Waals surface area (Å²) in [7, 11) is 1.43. The second-order valence-electron chi connectivity index (χ2n) is 4.46. The largest absolute Gasteiger partial charge is 0.469 e. The molecule has 0 radical (unpaired) electrons.